The van der Waals surface area contributed by atoms with Crippen molar-refractivity contribution >= 4 is 16.9 Å². The monoisotopic (exact) mass is 281 g/mol. The van der Waals surface area contributed by atoms with Crippen LogP contribution in [0.3, 0.4) is 0 Å². The van der Waals surface area contributed by atoms with Crippen LogP contribution >= 0.6 is 0 Å². The lowest BCUT2D eigenvalue weighted by atomic mass is 10.1. The fourth-order valence-corrected chi connectivity index (χ4v) is 2.37. The van der Waals surface area contributed by atoms with Crippen molar-refractivity contribution in [3.05, 3.63) is 65.4 Å². The Morgan fingerprint density at radius 2 is 1.90 bits per heavy atom. The van der Waals surface area contributed by atoms with Gasteiger partial charge < -0.3 is 14.8 Å². The highest BCUT2D eigenvalue weighted by Gasteiger charge is 2.08. The van der Waals surface area contributed by atoms with Crippen molar-refractivity contribution in [3.8, 4) is 5.75 Å². The first kappa shape index (κ1) is 13.2. The van der Waals surface area contributed by atoms with Gasteiger partial charge in [0.1, 0.15) is 5.75 Å². The third-order valence-corrected chi connectivity index (χ3v) is 3.43. The number of aromatic nitrogens is 1. The maximum atomic E-state index is 11.5. The molecule has 0 aliphatic heterocycles. The Labute approximate surface area is 122 Å². The predicted molar refractivity (Wildman–Crippen MR) is 80.6 cm³/mol. The minimum atomic E-state index is -0.335. The first-order valence-electron chi connectivity index (χ1n) is 6.63. The molecule has 0 unspecified atom stereocenters. The number of aromatic hydroxyl groups is 1. The van der Waals surface area contributed by atoms with E-state index in [9.17, 15) is 9.90 Å². The number of benzene rings is 2. The van der Waals surface area contributed by atoms with Crippen LogP contribution in [0.5, 0.6) is 5.75 Å². The largest absolute Gasteiger partial charge is 0.508 e. The van der Waals surface area contributed by atoms with Gasteiger partial charge in [0.05, 0.1) is 12.7 Å². The van der Waals surface area contributed by atoms with E-state index in [1.807, 2.05) is 30.3 Å². The third kappa shape index (κ3) is 2.74. The predicted octanol–water partition coefficient (Wildman–Crippen LogP) is 3.25. The van der Waals surface area contributed by atoms with Crippen LogP contribution in [0.25, 0.3) is 10.9 Å². The van der Waals surface area contributed by atoms with Crippen molar-refractivity contribution in [1.29, 1.82) is 0 Å². The lowest BCUT2D eigenvalue weighted by Gasteiger charge is -1.99. The number of fused-ring (bicyclic) bond motifs is 1. The van der Waals surface area contributed by atoms with E-state index in [0.29, 0.717) is 5.56 Å². The molecule has 0 saturated heterocycles. The molecule has 2 N–H and O–H groups in total. The molecular formula is C17H15NO3. The highest BCUT2D eigenvalue weighted by Crippen LogP contribution is 2.20. The van der Waals surface area contributed by atoms with Gasteiger partial charge in [0.2, 0.25) is 0 Å². The summed E-state index contributed by atoms with van der Waals surface area (Å²) < 4.78 is 4.73. The van der Waals surface area contributed by atoms with Gasteiger partial charge in [-0.3, -0.25) is 0 Å². The number of hydrogen-bond acceptors (Lipinski definition) is 3. The van der Waals surface area contributed by atoms with E-state index in [0.717, 1.165) is 28.6 Å². The van der Waals surface area contributed by atoms with Gasteiger partial charge in [0.15, 0.2) is 0 Å². The van der Waals surface area contributed by atoms with Crippen molar-refractivity contribution < 1.29 is 14.6 Å². The van der Waals surface area contributed by atoms with Crippen molar-refractivity contribution in [1.82, 2.24) is 4.98 Å². The number of hydrogen-bond donors (Lipinski definition) is 2. The van der Waals surface area contributed by atoms with Crippen LogP contribution in [0.4, 0.5) is 0 Å². The zero-order valence-electron chi connectivity index (χ0n) is 11.6. The van der Waals surface area contributed by atoms with E-state index < -0.39 is 0 Å². The number of H-pyrrole nitrogens is 1. The van der Waals surface area contributed by atoms with E-state index in [1.165, 1.54) is 7.11 Å². The van der Waals surface area contributed by atoms with Crippen LogP contribution in [0, 0.1) is 0 Å². The summed E-state index contributed by atoms with van der Waals surface area (Å²) in [6.45, 7) is 0. The maximum absolute atomic E-state index is 11.5. The van der Waals surface area contributed by atoms with E-state index in [4.69, 9.17) is 4.74 Å². The molecule has 21 heavy (non-hydrogen) atoms. The second-order valence-corrected chi connectivity index (χ2v) is 4.93. The first-order chi connectivity index (χ1) is 10.2. The second kappa shape index (κ2) is 5.32. The van der Waals surface area contributed by atoms with Crippen LogP contribution in [0.15, 0.2) is 48.5 Å². The van der Waals surface area contributed by atoms with Gasteiger partial charge in [-0.2, -0.15) is 0 Å². The standard InChI is InChI=1S/C17H15NO3/c1-21-17(20)12-4-7-16-13(9-12)10-14(18-16)8-11-2-5-15(19)6-3-11/h2-7,9-10,18-19H,8H2,1H3. The minimum absolute atomic E-state index is 0.262. The molecule has 0 radical (unpaired) electrons. The summed E-state index contributed by atoms with van der Waals surface area (Å²) >= 11 is 0. The molecule has 0 spiro atoms. The Morgan fingerprint density at radius 1 is 1.14 bits per heavy atom. The normalized spacial score (nSPS) is 10.7. The number of rotatable bonds is 3. The topological polar surface area (TPSA) is 62.3 Å². The molecule has 0 aliphatic rings. The quantitative estimate of drug-likeness (QED) is 0.724. The second-order valence-electron chi connectivity index (χ2n) is 4.93. The van der Waals surface area contributed by atoms with Crippen molar-refractivity contribution in [2.24, 2.45) is 0 Å². The van der Waals surface area contributed by atoms with E-state index in [1.54, 1.807) is 18.2 Å². The summed E-state index contributed by atoms with van der Waals surface area (Å²) in [5, 5.41) is 10.3. The molecule has 2 aromatic carbocycles. The number of carbonyl (C=O) groups is 1. The molecule has 0 saturated carbocycles. The molecule has 1 aromatic heterocycles. The fraction of sp³-hybridized carbons (Fsp3) is 0.118. The average molecular weight is 281 g/mol. The Balaban J connectivity index is 1.90. The molecule has 0 atom stereocenters. The zero-order valence-corrected chi connectivity index (χ0v) is 11.6. The van der Waals surface area contributed by atoms with Crippen LogP contribution in [-0.2, 0) is 11.2 Å². The molecule has 4 heteroatoms. The molecule has 1 heterocycles. The van der Waals surface area contributed by atoms with Gasteiger partial charge in [0, 0.05) is 23.0 Å². The number of phenols is 1. The molecule has 3 rings (SSSR count). The van der Waals surface area contributed by atoms with E-state index in [-0.39, 0.29) is 11.7 Å². The highest BCUT2D eigenvalue weighted by molar-refractivity contribution is 5.94. The lowest BCUT2D eigenvalue weighted by Crippen LogP contribution is -2.00. The molecule has 0 amide bonds. The summed E-state index contributed by atoms with van der Waals surface area (Å²) in [5.74, 6) is -0.0729. The Bertz CT molecular complexity index is 787. The van der Waals surface area contributed by atoms with Crippen LogP contribution in [-0.4, -0.2) is 23.2 Å². The summed E-state index contributed by atoms with van der Waals surface area (Å²) in [6.07, 6.45) is 0.739. The SMILES string of the molecule is COC(=O)c1ccc2[nH]c(Cc3ccc(O)cc3)cc2c1. The highest BCUT2D eigenvalue weighted by atomic mass is 16.5. The van der Waals surface area contributed by atoms with Crippen LogP contribution in [0.1, 0.15) is 21.6 Å². The van der Waals surface area contributed by atoms with Gasteiger partial charge in [-0.25, -0.2) is 4.79 Å². The molecule has 0 fully saturated rings. The average Bonchev–Trinajstić information content (AvgIpc) is 2.90. The van der Waals surface area contributed by atoms with E-state index in [2.05, 4.69) is 4.98 Å². The number of phenolic OH excluding ortho intramolecular Hbond substituents is 1. The van der Waals surface area contributed by atoms with E-state index >= 15 is 0 Å². The maximum Gasteiger partial charge on any atom is 0.337 e. The minimum Gasteiger partial charge on any atom is -0.508 e. The molecule has 0 bridgehead atoms. The Kier molecular flexibility index (Phi) is 3.36. The summed E-state index contributed by atoms with van der Waals surface area (Å²) in [7, 11) is 1.37. The number of aromatic amines is 1. The molecule has 4 nitrogen and oxygen atoms in total. The first-order valence-corrected chi connectivity index (χ1v) is 6.63. The summed E-state index contributed by atoms with van der Waals surface area (Å²) in [4.78, 5) is 14.9. The molecule has 0 aliphatic carbocycles. The molecular weight excluding hydrogens is 266 g/mol. The number of esters is 1. The number of ether oxygens (including phenoxy) is 1. The fourth-order valence-electron chi connectivity index (χ4n) is 2.37. The smallest absolute Gasteiger partial charge is 0.337 e. The molecule has 106 valence electrons. The van der Waals surface area contributed by atoms with Crippen molar-refractivity contribution in [3.63, 3.8) is 0 Å². The van der Waals surface area contributed by atoms with Gasteiger partial charge in [0.25, 0.3) is 0 Å². The summed E-state index contributed by atoms with van der Waals surface area (Å²) in [6, 6.07) is 14.6. The number of carbonyl (C=O) groups excluding carboxylic acids is 1. The van der Waals surface area contributed by atoms with Gasteiger partial charge in [-0.15, -0.1) is 0 Å². The Morgan fingerprint density at radius 3 is 2.62 bits per heavy atom. The van der Waals surface area contributed by atoms with Crippen molar-refractivity contribution in [2.45, 2.75) is 6.42 Å². The van der Waals surface area contributed by atoms with Crippen molar-refractivity contribution in [2.75, 3.05) is 7.11 Å². The van der Waals surface area contributed by atoms with Gasteiger partial charge >= 0.3 is 5.97 Å². The zero-order chi connectivity index (χ0) is 14.8. The Hall–Kier alpha value is -2.75. The molecule has 3 aromatic rings. The number of nitrogens with one attached hydrogen (secondary N) is 1. The van der Waals surface area contributed by atoms with Crippen LogP contribution < -0.4 is 0 Å². The number of methoxy groups -OCH3 is 1. The summed E-state index contributed by atoms with van der Waals surface area (Å²) in [5.41, 5.74) is 3.68. The van der Waals surface area contributed by atoms with Crippen LogP contribution in [0.2, 0.25) is 0 Å². The lowest BCUT2D eigenvalue weighted by molar-refractivity contribution is 0.0601. The third-order valence-electron chi connectivity index (χ3n) is 3.43. The van der Waals surface area contributed by atoms with Gasteiger partial charge in [-0.1, -0.05) is 12.1 Å². The van der Waals surface area contributed by atoms with Gasteiger partial charge in [-0.05, 0) is 42.0 Å².